The zero-order chi connectivity index (χ0) is 15.7. The number of carboxylic acids is 1. The van der Waals surface area contributed by atoms with Crippen LogP contribution in [0.5, 0.6) is 0 Å². The van der Waals surface area contributed by atoms with E-state index in [1.54, 1.807) is 45.9 Å². The van der Waals surface area contributed by atoms with Gasteiger partial charge in [0.25, 0.3) is 5.91 Å². The summed E-state index contributed by atoms with van der Waals surface area (Å²) in [6.07, 6.45) is 0. The average molecular weight is 342 g/mol. The molecule has 0 bridgehead atoms. The Morgan fingerprint density at radius 3 is 2.20 bits per heavy atom. The lowest BCUT2D eigenvalue weighted by Crippen LogP contribution is -2.56. The van der Waals surface area contributed by atoms with E-state index in [9.17, 15) is 14.7 Å². The molecule has 20 heavy (non-hydrogen) atoms. The fourth-order valence-corrected chi connectivity index (χ4v) is 1.81. The third-order valence-electron chi connectivity index (χ3n) is 3.94. The summed E-state index contributed by atoms with van der Waals surface area (Å²) >= 11 is 3.38. The molecule has 1 aromatic carbocycles. The van der Waals surface area contributed by atoms with Gasteiger partial charge in [0.05, 0.1) is 11.0 Å². The summed E-state index contributed by atoms with van der Waals surface area (Å²) < 4.78 is 0.930. The van der Waals surface area contributed by atoms with Gasteiger partial charge < -0.3 is 10.4 Å². The van der Waals surface area contributed by atoms with Gasteiger partial charge in [-0.05, 0) is 58.4 Å². The molecule has 0 aliphatic carbocycles. The third kappa shape index (κ3) is 3.20. The third-order valence-corrected chi connectivity index (χ3v) is 4.83. The lowest BCUT2D eigenvalue weighted by molar-refractivity contribution is -0.150. The molecule has 0 saturated carbocycles. The molecule has 1 aromatic rings. The Balaban J connectivity index is 3.00. The highest BCUT2D eigenvalue weighted by Gasteiger charge is 2.44. The van der Waals surface area contributed by atoms with Crippen LogP contribution in [0.4, 0.5) is 0 Å². The summed E-state index contributed by atoms with van der Waals surface area (Å²) in [5.74, 6) is -1.23. The summed E-state index contributed by atoms with van der Waals surface area (Å²) in [6.45, 7) is 8.52. The molecule has 0 saturated heterocycles. The molecule has 110 valence electrons. The Kier molecular flexibility index (Phi) is 4.64. The van der Waals surface area contributed by atoms with Crippen molar-refractivity contribution in [2.75, 3.05) is 0 Å². The number of aryl methyl sites for hydroxylation is 1. The molecule has 0 aliphatic heterocycles. The highest BCUT2D eigenvalue weighted by Crippen LogP contribution is 2.31. The predicted octanol–water partition coefficient (Wildman–Crippen LogP) is 3.38. The Morgan fingerprint density at radius 2 is 1.75 bits per heavy atom. The first-order chi connectivity index (χ1) is 8.99. The number of hydrogen-bond donors (Lipinski definition) is 2. The quantitative estimate of drug-likeness (QED) is 0.882. The summed E-state index contributed by atoms with van der Waals surface area (Å²) in [7, 11) is 0. The normalized spacial score (nSPS) is 12.1. The molecule has 2 N–H and O–H groups in total. The number of aliphatic carboxylic acids is 1. The molecule has 0 spiro atoms. The molecule has 0 fully saturated rings. The van der Waals surface area contributed by atoms with Crippen LogP contribution in [-0.2, 0) is 4.79 Å². The molecule has 4 nitrogen and oxygen atoms in total. The van der Waals surface area contributed by atoms with Gasteiger partial charge in [-0.3, -0.25) is 9.59 Å². The van der Waals surface area contributed by atoms with Crippen molar-refractivity contribution in [3.8, 4) is 0 Å². The zero-order valence-electron chi connectivity index (χ0n) is 12.4. The molecule has 0 radical (unpaired) electrons. The van der Waals surface area contributed by atoms with Crippen molar-refractivity contribution in [2.24, 2.45) is 5.41 Å². The van der Waals surface area contributed by atoms with Crippen molar-refractivity contribution >= 4 is 27.8 Å². The van der Waals surface area contributed by atoms with Gasteiger partial charge in [-0.1, -0.05) is 15.9 Å². The number of benzene rings is 1. The van der Waals surface area contributed by atoms with Crippen LogP contribution in [0.1, 0.15) is 43.6 Å². The first-order valence-corrected chi connectivity index (χ1v) is 7.10. The molecule has 1 rings (SSSR count). The minimum Gasteiger partial charge on any atom is -0.481 e. The first kappa shape index (κ1) is 16.7. The number of nitrogens with one attached hydrogen (secondary N) is 1. The maximum absolute atomic E-state index is 12.3. The van der Waals surface area contributed by atoms with Crippen LogP contribution in [0.25, 0.3) is 0 Å². The van der Waals surface area contributed by atoms with E-state index in [1.165, 1.54) is 0 Å². The fraction of sp³-hybridized carbons (Fsp3) is 0.467. The molecular weight excluding hydrogens is 322 g/mol. The van der Waals surface area contributed by atoms with E-state index in [1.807, 2.05) is 6.92 Å². The van der Waals surface area contributed by atoms with E-state index in [4.69, 9.17) is 0 Å². The fourth-order valence-electron chi connectivity index (χ4n) is 1.57. The second kappa shape index (κ2) is 5.56. The van der Waals surface area contributed by atoms with Gasteiger partial charge in [0.15, 0.2) is 0 Å². The molecule has 0 unspecified atom stereocenters. The number of carbonyl (C=O) groups is 2. The summed E-state index contributed by atoms with van der Waals surface area (Å²) in [5.41, 5.74) is -0.489. The smallest absolute Gasteiger partial charge is 0.311 e. The molecule has 0 heterocycles. The number of halogens is 1. The van der Waals surface area contributed by atoms with Crippen molar-refractivity contribution in [3.63, 3.8) is 0 Å². The van der Waals surface area contributed by atoms with Crippen LogP contribution in [0.15, 0.2) is 22.7 Å². The summed E-state index contributed by atoms with van der Waals surface area (Å²) in [6, 6.07) is 5.28. The summed E-state index contributed by atoms with van der Waals surface area (Å²) in [5, 5.41) is 12.1. The van der Waals surface area contributed by atoms with Gasteiger partial charge in [-0.25, -0.2) is 0 Å². The van der Waals surface area contributed by atoms with Crippen molar-refractivity contribution < 1.29 is 14.7 Å². The molecule has 0 atom stereocenters. The first-order valence-electron chi connectivity index (χ1n) is 6.31. The second-order valence-electron chi connectivity index (χ2n) is 5.97. The largest absolute Gasteiger partial charge is 0.481 e. The Morgan fingerprint density at radius 1 is 1.20 bits per heavy atom. The topological polar surface area (TPSA) is 66.4 Å². The standard InChI is InChI=1S/C15H20BrNO3/c1-9-8-10(6-7-11(9)16)12(18)17-15(4,5)14(2,3)13(19)20/h6-8H,1-5H3,(H,17,18)(H,19,20). The van der Waals surface area contributed by atoms with Gasteiger partial charge in [0, 0.05) is 10.0 Å². The number of carbonyl (C=O) groups excluding carboxylic acids is 1. The highest BCUT2D eigenvalue weighted by atomic mass is 79.9. The maximum atomic E-state index is 12.3. The van der Waals surface area contributed by atoms with E-state index in [2.05, 4.69) is 21.2 Å². The lowest BCUT2D eigenvalue weighted by atomic mass is 9.74. The van der Waals surface area contributed by atoms with Crippen molar-refractivity contribution in [1.82, 2.24) is 5.32 Å². The number of hydrogen-bond acceptors (Lipinski definition) is 2. The second-order valence-corrected chi connectivity index (χ2v) is 6.83. The van der Waals surface area contributed by atoms with Crippen molar-refractivity contribution in [1.29, 1.82) is 0 Å². The van der Waals surface area contributed by atoms with Gasteiger partial charge >= 0.3 is 5.97 Å². The van der Waals surface area contributed by atoms with Gasteiger partial charge in [-0.2, -0.15) is 0 Å². The van der Waals surface area contributed by atoms with Crippen LogP contribution in [0, 0.1) is 12.3 Å². The molecule has 0 aromatic heterocycles. The van der Waals surface area contributed by atoms with Gasteiger partial charge in [0.2, 0.25) is 0 Å². The number of rotatable bonds is 4. The van der Waals surface area contributed by atoms with Crippen LogP contribution in [0.3, 0.4) is 0 Å². The minimum atomic E-state index is -1.08. The highest BCUT2D eigenvalue weighted by molar-refractivity contribution is 9.10. The average Bonchev–Trinajstić information content (AvgIpc) is 2.31. The Hall–Kier alpha value is -1.36. The SMILES string of the molecule is Cc1cc(C(=O)NC(C)(C)C(C)(C)C(=O)O)ccc1Br. The van der Waals surface area contributed by atoms with E-state index < -0.39 is 16.9 Å². The summed E-state index contributed by atoms with van der Waals surface area (Å²) in [4.78, 5) is 23.6. The van der Waals surface area contributed by atoms with Crippen molar-refractivity contribution in [2.45, 2.75) is 40.2 Å². The van der Waals surface area contributed by atoms with Crippen LogP contribution >= 0.6 is 15.9 Å². The number of carboxylic acid groups (broad SMARTS) is 1. The van der Waals surface area contributed by atoms with Crippen LogP contribution < -0.4 is 5.32 Å². The molecule has 5 heteroatoms. The predicted molar refractivity (Wildman–Crippen MR) is 81.8 cm³/mol. The molecule has 1 amide bonds. The monoisotopic (exact) mass is 341 g/mol. The van der Waals surface area contributed by atoms with E-state index >= 15 is 0 Å². The van der Waals surface area contributed by atoms with Gasteiger partial charge in [0.1, 0.15) is 0 Å². The minimum absolute atomic E-state index is 0.278. The van der Waals surface area contributed by atoms with Gasteiger partial charge in [-0.15, -0.1) is 0 Å². The van der Waals surface area contributed by atoms with Crippen LogP contribution in [-0.4, -0.2) is 22.5 Å². The van der Waals surface area contributed by atoms with Crippen molar-refractivity contribution in [3.05, 3.63) is 33.8 Å². The van der Waals surface area contributed by atoms with E-state index in [0.717, 1.165) is 10.0 Å². The van der Waals surface area contributed by atoms with Crippen LogP contribution in [0.2, 0.25) is 0 Å². The Labute approximate surface area is 127 Å². The number of amides is 1. The zero-order valence-corrected chi connectivity index (χ0v) is 14.0. The lowest BCUT2D eigenvalue weighted by Gasteiger charge is -2.38. The van der Waals surface area contributed by atoms with E-state index in [0.29, 0.717) is 5.56 Å². The molecular formula is C15H20BrNO3. The molecule has 0 aliphatic rings. The maximum Gasteiger partial charge on any atom is 0.311 e. The van der Waals surface area contributed by atoms with E-state index in [-0.39, 0.29) is 5.91 Å². The Bertz CT molecular complexity index is 550.